The molecular formula is C25H47NaO11S. The zero-order valence-electron chi connectivity index (χ0n) is 23.0. The van der Waals surface area contributed by atoms with Crippen LogP contribution in [0.15, 0.2) is 0 Å². The zero-order chi connectivity index (χ0) is 27.7. The first-order valence-corrected chi connectivity index (χ1v) is 15.2. The predicted octanol–water partition coefficient (Wildman–Crippen LogP) is -1.25. The van der Waals surface area contributed by atoms with E-state index in [1.807, 2.05) is 0 Å². The van der Waals surface area contributed by atoms with E-state index in [4.69, 9.17) is 14.2 Å². The number of aliphatic hydroxyl groups is 4. The smallest absolute Gasteiger partial charge is 0.748 e. The molecule has 0 aromatic carbocycles. The third-order valence-electron chi connectivity index (χ3n) is 6.41. The molecule has 220 valence electrons. The normalized spacial score (nSPS) is 24.5. The fourth-order valence-corrected chi connectivity index (χ4v) is 4.87. The van der Waals surface area contributed by atoms with Gasteiger partial charge in [-0.1, -0.05) is 84.0 Å². The van der Waals surface area contributed by atoms with Crippen LogP contribution in [0.25, 0.3) is 0 Å². The summed E-state index contributed by atoms with van der Waals surface area (Å²) >= 11 is 0. The van der Waals surface area contributed by atoms with Gasteiger partial charge in [0.25, 0.3) is 0 Å². The van der Waals surface area contributed by atoms with Crippen LogP contribution in [0.1, 0.15) is 96.8 Å². The first-order valence-electron chi connectivity index (χ1n) is 13.6. The number of carbonyl (C=O) groups excluding carboxylic acids is 1. The molecule has 0 spiro atoms. The van der Waals surface area contributed by atoms with Crippen LogP contribution in [0.4, 0.5) is 0 Å². The van der Waals surface area contributed by atoms with E-state index in [9.17, 15) is 38.2 Å². The Bertz CT molecular complexity index is 709. The maximum Gasteiger partial charge on any atom is 1.00 e. The fourth-order valence-electron chi connectivity index (χ4n) is 4.20. The van der Waals surface area contributed by atoms with E-state index in [-0.39, 0.29) is 42.6 Å². The van der Waals surface area contributed by atoms with E-state index in [0.29, 0.717) is 6.42 Å². The first kappa shape index (κ1) is 38.1. The van der Waals surface area contributed by atoms with E-state index < -0.39 is 65.3 Å². The summed E-state index contributed by atoms with van der Waals surface area (Å²) in [6, 6.07) is 0. The third-order valence-corrected chi connectivity index (χ3v) is 7.15. The van der Waals surface area contributed by atoms with E-state index in [0.717, 1.165) is 19.3 Å². The zero-order valence-corrected chi connectivity index (χ0v) is 25.9. The molecule has 11 nitrogen and oxygen atoms in total. The molecular weight excluding hydrogens is 531 g/mol. The van der Waals surface area contributed by atoms with Crippen molar-refractivity contribution >= 4 is 16.1 Å². The third kappa shape index (κ3) is 17.8. The summed E-state index contributed by atoms with van der Waals surface area (Å²) in [5, 5.41) is 39.6. The summed E-state index contributed by atoms with van der Waals surface area (Å²) in [5.74, 6) is -1.58. The van der Waals surface area contributed by atoms with Crippen molar-refractivity contribution in [3.8, 4) is 0 Å². The predicted molar refractivity (Wildman–Crippen MR) is 134 cm³/mol. The molecule has 0 radical (unpaired) electrons. The van der Waals surface area contributed by atoms with Gasteiger partial charge in [0.1, 0.15) is 37.1 Å². The molecule has 1 aliphatic heterocycles. The standard InChI is InChI=1S/C25H48O11S.Na/c1-2-3-4-5-6-7-8-9-10-11-12-13-14-15-21(27)34-16-19(26)17-35-25-24(30)23(29)22(28)20(36-25)18-37(31,32)33;/h19-20,22-26,28-30H,2-18H2,1H3,(H,31,32,33);/q;+1/p-1/t19?,20?,22-,23?,24?,25+;/m1./s1. The van der Waals surface area contributed by atoms with Crippen LogP contribution in [0, 0.1) is 0 Å². The molecule has 1 fully saturated rings. The second-order valence-corrected chi connectivity index (χ2v) is 11.4. The summed E-state index contributed by atoms with van der Waals surface area (Å²) in [7, 11) is -4.78. The number of ether oxygens (including phenoxy) is 3. The Kier molecular flexibility index (Phi) is 21.9. The number of hydrogen-bond acceptors (Lipinski definition) is 11. The van der Waals surface area contributed by atoms with Gasteiger partial charge in [0, 0.05) is 6.42 Å². The number of carbonyl (C=O) groups is 1. The van der Waals surface area contributed by atoms with Crippen molar-refractivity contribution in [1.29, 1.82) is 0 Å². The molecule has 0 amide bonds. The number of rotatable bonds is 21. The number of hydrogen-bond donors (Lipinski definition) is 4. The SMILES string of the molecule is CCCCCCCCCCCCCCCC(=O)OCC(O)CO[C@H]1OC(CS(=O)(=O)[O-])[C@@H](O)C(O)C1O.[Na+]. The van der Waals surface area contributed by atoms with E-state index in [2.05, 4.69) is 6.92 Å². The minimum Gasteiger partial charge on any atom is -0.748 e. The van der Waals surface area contributed by atoms with Crippen molar-refractivity contribution in [3.63, 3.8) is 0 Å². The summed E-state index contributed by atoms with van der Waals surface area (Å²) in [6.07, 6.45) is 5.99. The van der Waals surface area contributed by atoms with Gasteiger partial charge in [0.2, 0.25) is 0 Å². The van der Waals surface area contributed by atoms with Gasteiger partial charge in [-0.25, -0.2) is 8.42 Å². The van der Waals surface area contributed by atoms with Crippen molar-refractivity contribution in [1.82, 2.24) is 0 Å². The van der Waals surface area contributed by atoms with Crippen LogP contribution in [-0.4, -0.2) is 95.1 Å². The van der Waals surface area contributed by atoms with Crippen LogP contribution in [0.3, 0.4) is 0 Å². The quantitative estimate of drug-likeness (QED) is 0.0552. The number of esters is 1. The van der Waals surface area contributed by atoms with Crippen LogP contribution in [-0.2, 0) is 29.1 Å². The van der Waals surface area contributed by atoms with E-state index in [1.54, 1.807) is 0 Å². The molecule has 1 saturated heterocycles. The van der Waals surface area contributed by atoms with E-state index >= 15 is 0 Å². The monoisotopic (exact) mass is 578 g/mol. The molecule has 38 heavy (non-hydrogen) atoms. The molecule has 0 saturated carbocycles. The van der Waals surface area contributed by atoms with Crippen molar-refractivity contribution in [2.75, 3.05) is 19.0 Å². The van der Waals surface area contributed by atoms with Crippen molar-refractivity contribution in [2.45, 2.75) is 134 Å². The largest absolute Gasteiger partial charge is 1.00 e. The van der Waals surface area contributed by atoms with Crippen LogP contribution >= 0.6 is 0 Å². The Morgan fingerprint density at radius 2 is 1.34 bits per heavy atom. The fraction of sp³-hybridized carbons (Fsp3) is 0.960. The van der Waals surface area contributed by atoms with Crippen molar-refractivity contribution in [2.24, 2.45) is 0 Å². The van der Waals surface area contributed by atoms with Gasteiger partial charge >= 0.3 is 35.5 Å². The Labute approximate surface area is 249 Å². The molecule has 1 rings (SSSR count). The van der Waals surface area contributed by atoms with Gasteiger partial charge in [-0.15, -0.1) is 0 Å². The topological polar surface area (TPSA) is 183 Å². The molecule has 4 N–H and O–H groups in total. The molecule has 0 aliphatic carbocycles. The maximum atomic E-state index is 11.9. The summed E-state index contributed by atoms with van der Waals surface area (Å²) < 4.78 is 48.1. The summed E-state index contributed by atoms with van der Waals surface area (Å²) in [6.45, 7) is 1.40. The molecule has 0 aromatic heterocycles. The molecule has 1 aliphatic rings. The Morgan fingerprint density at radius 3 is 1.84 bits per heavy atom. The van der Waals surface area contributed by atoms with Crippen molar-refractivity contribution in [3.05, 3.63) is 0 Å². The number of unbranched alkanes of at least 4 members (excludes halogenated alkanes) is 12. The van der Waals surface area contributed by atoms with E-state index in [1.165, 1.54) is 57.8 Å². The van der Waals surface area contributed by atoms with Gasteiger partial charge in [-0.05, 0) is 6.42 Å². The second kappa shape index (κ2) is 21.8. The number of aliphatic hydroxyl groups excluding tert-OH is 4. The van der Waals surface area contributed by atoms with Crippen LogP contribution in [0.2, 0.25) is 0 Å². The minimum absolute atomic E-state index is 0. The van der Waals surface area contributed by atoms with Gasteiger partial charge in [0.15, 0.2) is 6.29 Å². The van der Waals surface area contributed by atoms with Gasteiger partial charge < -0.3 is 39.2 Å². The summed E-state index contributed by atoms with van der Waals surface area (Å²) in [4.78, 5) is 11.9. The van der Waals surface area contributed by atoms with Gasteiger partial charge in [0.05, 0.1) is 22.5 Å². The first-order chi connectivity index (χ1) is 17.5. The Balaban J connectivity index is 0.0000137. The average molecular weight is 579 g/mol. The minimum atomic E-state index is -4.78. The second-order valence-electron chi connectivity index (χ2n) is 9.90. The Hall–Kier alpha value is 0.140. The Morgan fingerprint density at radius 1 is 0.842 bits per heavy atom. The van der Waals surface area contributed by atoms with Crippen LogP contribution < -0.4 is 29.6 Å². The van der Waals surface area contributed by atoms with Crippen molar-refractivity contribution < 1.29 is 82.0 Å². The molecule has 13 heteroatoms. The average Bonchev–Trinajstić information content (AvgIpc) is 2.84. The molecule has 0 aromatic rings. The molecule has 6 atom stereocenters. The molecule has 4 unspecified atom stereocenters. The molecule has 1 heterocycles. The van der Waals surface area contributed by atoms with Gasteiger partial charge in [-0.2, -0.15) is 0 Å². The maximum absolute atomic E-state index is 11.9. The van der Waals surface area contributed by atoms with Gasteiger partial charge in [-0.3, -0.25) is 4.79 Å². The molecule has 0 bridgehead atoms. The van der Waals surface area contributed by atoms with Crippen LogP contribution in [0.5, 0.6) is 0 Å². The summed E-state index contributed by atoms with van der Waals surface area (Å²) in [5.41, 5.74) is 0.